The van der Waals surface area contributed by atoms with E-state index in [2.05, 4.69) is 28.6 Å². The number of aliphatic hydroxyl groups is 1. The van der Waals surface area contributed by atoms with Gasteiger partial charge in [-0.2, -0.15) is 12.6 Å². The summed E-state index contributed by atoms with van der Waals surface area (Å²) in [5.74, 6) is -6.08. The van der Waals surface area contributed by atoms with Crippen LogP contribution in [0.25, 0.3) is 0 Å². The standard InChI is InChI=1S/C16H28N4O8S/c1-6(2)11(15(26)20-12(7(3)21)16(27)28)19-14(25)9(4-10(22)23)18-13(24)8(17)5-29/h6-9,11-12,21,29H,4-5,17H2,1-3H3,(H,18,24)(H,19,25)(H,20,26)(H,22,23)(H,27,28). The highest BCUT2D eigenvalue weighted by Crippen LogP contribution is 2.06. The van der Waals surface area contributed by atoms with Crippen LogP contribution < -0.4 is 21.7 Å². The van der Waals surface area contributed by atoms with Crippen molar-refractivity contribution < 1.29 is 39.3 Å². The van der Waals surface area contributed by atoms with Crippen LogP contribution in [-0.2, 0) is 24.0 Å². The van der Waals surface area contributed by atoms with Crippen molar-refractivity contribution in [2.45, 2.75) is 57.5 Å². The van der Waals surface area contributed by atoms with Gasteiger partial charge in [0.25, 0.3) is 0 Å². The van der Waals surface area contributed by atoms with Gasteiger partial charge in [0, 0.05) is 5.75 Å². The second-order valence-electron chi connectivity index (χ2n) is 6.74. The Morgan fingerprint density at radius 1 is 0.897 bits per heavy atom. The minimum atomic E-state index is -1.61. The fraction of sp³-hybridized carbons (Fsp3) is 0.688. The van der Waals surface area contributed by atoms with Crippen molar-refractivity contribution in [3.05, 3.63) is 0 Å². The van der Waals surface area contributed by atoms with Gasteiger partial charge in [-0.05, 0) is 12.8 Å². The summed E-state index contributed by atoms with van der Waals surface area (Å²) in [6.07, 6.45) is -2.17. The average molecular weight is 436 g/mol. The van der Waals surface area contributed by atoms with Gasteiger partial charge in [0.05, 0.1) is 18.6 Å². The van der Waals surface area contributed by atoms with Gasteiger partial charge in [0.15, 0.2) is 6.04 Å². The molecule has 0 rings (SSSR count). The maximum absolute atomic E-state index is 12.5. The topological polar surface area (TPSA) is 208 Å². The lowest BCUT2D eigenvalue weighted by molar-refractivity contribution is -0.146. The Morgan fingerprint density at radius 2 is 1.41 bits per heavy atom. The number of hydrogen-bond donors (Lipinski definition) is 8. The van der Waals surface area contributed by atoms with E-state index in [0.29, 0.717) is 0 Å². The minimum absolute atomic E-state index is 0.0415. The van der Waals surface area contributed by atoms with Crippen LogP contribution in [0, 0.1) is 5.92 Å². The molecule has 13 heteroatoms. The molecule has 0 saturated heterocycles. The highest BCUT2D eigenvalue weighted by Gasteiger charge is 2.33. The molecule has 0 aromatic carbocycles. The van der Waals surface area contributed by atoms with Crippen LogP contribution in [-0.4, -0.2) is 81.0 Å². The van der Waals surface area contributed by atoms with E-state index in [1.54, 1.807) is 13.8 Å². The van der Waals surface area contributed by atoms with Crippen molar-refractivity contribution in [1.82, 2.24) is 16.0 Å². The van der Waals surface area contributed by atoms with E-state index >= 15 is 0 Å². The van der Waals surface area contributed by atoms with Gasteiger partial charge in [-0.1, -0.05) is 13.8 Å². The van der Waals surface area contributed by atoms with E-state index in [1.165, 1.54) is 6.92 Å². The molecule has 0 heterocycles. The Hall–Kier alpha value is -2.38. The van der Waals surface area contributed by atoms with E-state index in [4.69, 9.17) is 15.9 Å². The highest BCUT2D eigenvalue weighted by molar-refractivity contribution is 7.80. The summed E-state index contributed by atoms with van der Waals surface area (Å²) < 4.78 is 0. The first kappa shape index (κ1) is 26.6. The Bertz CT molecular complexity index is 628. The Labute approximate surface area is 173 Å². The van der Waals surface area contributed by atoms with Crippen molar-refractivity contribution in [2.75, 3.05) is 5.75 Å². The molecule has 5 atom stereocenters. The number of carboxylic acids is 2. The summed E-state index contributed by atoms with van der Waals surface area (Å²) in [7, 11) is 0. The van der Waals surface area contributed by atoms with Crippen LogP contribution in [0.3, 0.4) is 0 Å². The van der Waals surface area contributed by atoms with Gasteiger partial charge < -0.3 is 37.0 Å². The van der Waals surface area contributed by atoms with E-state index < -0.39 is 72.3 Å². The van der Waals surface area contributed by atoms with Crippen LogP contribution in [0.15, 0.2) is 0 Å². The molecule has 0 bridgehead atoms. The number of aliphatic carboxylic acids is 2. The largest absolute Gasteiger partial charge is 0.481 e. The average Bonchev–Trinajstić information content (AvgIpc) is 2.60. The summed E-state index contributed by atoms with van der Waals surface area (Å²) in [6.45, 7) is 4.29. The number of aliphatic hydroxyl groups excluding tert-OH is 1. The summed E-state index contributed by atoms with van der Waals surface area (Å²) in [4.78, 5) is 59.0. The number of nitrogens with two attached hydrogens (primary N) is 1. The van der Waals surface area contributed by atoms with Crippen molar-refractivity contribution in [3.8, 4) is 0 Å². The number of carboxylic acid groups (broad SMARTS) is 2. The Morgan fingerprint density at radius 3 is 1.79 bits per heavy atom. The summed E-state index contributed by atoms with van der Waals surface area (Å²) in [5, 5.41) is 34.1. The molecule has 0 aliphatic heterocycles. The molecule has 12 nitrogen and oxygen atoms in total. The highest BCUT2D eigenvalue weighted by atomic mass is 32.1. The molecule has 0 fully saturated rings. The van der Waals surface area contributed by atoms with Gasteiger partial charge in [-0.3, -0.25) is 19.2 Å². The summed E-state index contributed by atoms with van der Waals surface area (Å²) in [6, 6.07) is -5.46. The first-order valence-electron chi connectivity index (χ1n) is 8.72. The monoisotopic (exact) mass is 436 g/mol. The van der Waals surface area contributed by atoms with Crippen molar-refractivity contribution in [3.63, 3.8) is 0 Å². The minimum Gasteiger partial charge on any atom is -0.481 e. The number of carbonyl (C=O) groups is 5. The molecule has 29 heavy (non-hydrogen) atoms. The van der Waals surface area contributed by atoms with Crippen LogP contribution in [0.4, 0.5) is 0 Å². The number of thiol groups is 1. The number of hydrogen-bond acceptors (Lipinski definition) is 8. The first-order valence-corrected chi connectivity index (χ1v) is 9.35. The van der Waals surface area contributed by atoms with Gasteiger partial charge >= 0.3 is 11.9 Å². The molecule has 0 aliphatic carbocycles. The van der Waals surface area contributed by atoms with Crippen LogP contribution in [0.2, 0.25) is 0 Å². The van der Waals surface area contributed by atoms with Crippen molar-refractivity contribution in [2.24, 2.45) is 11.7 Å². The van der Waals surface area contributed by atoms with E-state index in [-0.39, 0.29) is 5.75 Å². The third kappa shape index (κ3) is 9.11. The molecular weight excluding hydrogens is 408 g/mol. The van der Waals surface area contributed by atoms with Gasteiger partial charge in [0.1, 0.15) is 12.1 Å². The quantitative estimate of drug-likeness (QED) is 0.149. The van der Waals surface area contributed by atoms with E-state index in [9.17, 15) is 29.1 Å². The summed E-state index contributed by atoms with van der Waals surface area (Å²) in [5.41, 5.74) is 5.49. The van der Waals surface area contributed by atoms with E-state index in [1.807, 2.05) is 0 Å². The molecule has 0 aliphatic rings. The zero-order chi connectivity index (χ0) is 22.9. The maximum Gasteiger partial charge on any atom is 0.328 e. The number of amides is 3. The second-order valence-corrected chi connectivity index (χ2v) is 7.11. The predicted molar refractivity (Wildman–Crippen MR) is 104 cm³/mol. The molecule has 5 unspecified atom stereocenters. The number of carbonyl (C=O) groups excluding carboxylic acids is 3. The van der Waals surface area contributed by atoms with Crippen molar-refractivity contribution >= 4 is 42.3 Å². The molecule has 0 radical (unpaired) electrons. The second kappa shape index (κ2) is 12.2. The molecular formula is C16H28N4O8S. The Balaban J connectivity index is 5.41. The van der Waals surface area contributed by atoms with Crippen LogP contribution in [0.1, 0.15) is 27.2 Å². The third-order valence-corrected chi connectivity index (χ3v) is 4.23. The molecule has 0 saturated carbocycles. The molecule has 8 N–H and O–H groups in total. The molecule has 0 spiro atoms. The lowest BCUT2D eigenvalue weighted by atomic mass is 10.0. The first-order chi connectivity index (χ1) is 13.3. The molecule has 3 amide bonds. The van der Waals surface area contributed by atoms with Gasteiger partial charge in [-0.25, -0.2) is 4.79 Å². The maximum atomic E-state index is 12.5. The zero-order valence-corrected chi connectivity index (χ0v) is 17.2. The van der Waals surface area contributed by atoms with Crippen molar-refractivity contribution in [1.29, 1.82) is 0 Å². The smallest absolute Gasteiger partial charge is 0.328 e. The fourth-order valence-corrected chi connectivity index (χ4v) is 2.33. The van der Waals surface area contributed by atoms with Crippen LogP contribution >= 0.6 is 12.6 Å². The number of nitrogens with one attached hydrogen (secondary N) is 3. The van der Waals surface area contributed by atoms with Gasteiger partial charge in [0.2, 0.25) is 17.7 Å². The lowest BCUT2D eigenvalue weighted by Crippen LogP contribution is -2.59. The predicted octanol–water partition coefficient (Wildman–Crippen LogP) is -2.71. The molecule has 166 valence electrons. The lowest BCUT2D eigenvalue weighted by Gasteiger charge is -2.27. The zero-order valence-electron chi connectivity index (χ0n) is 16.3. The fourth-order valence-electron chi connectivity index (χ4n) is 2.17. The SMILES string of the molecule is CC(C)C(NC(=O)C(CC(=O)O)NC(=O)C(N)CS)C(=O)NC(C(=O)O)C(C)O. The Kier molecular flexibility index (Phi) is 11.2. The van der Waals surface area contributed by atoms with E-state index in [0.717, 1.165) is 0 Å². The summed E-state index contributed by atoms with van der Waals surface area (Å²) >= 11 is 3.85. The molecule has 0 aromatic heterocycles. The molecule has 0 aromatic rings. The van der Waals surface area contributed by atoms with Crippen LogP contribution in [0.5, 0.6) is 0 Å². The number of rotatable bonds is 12. The third-order valence-electron chi connectivity index (χ3n) is 3.84. The normalized spacial score (nSPS) is 16.1. The van der Waals surface area contributed by atoms with Gasteiger partial charge in [-0.15, -0.1) is 0 Å².